The average molecular weight is 360 g/mol. The van der Waals surface area contributed by atoms with Gasteiger partial charge in [0.05, 0.1) is 11.0 Å². The van der Waals surface area contributed by atoms with Gasteiger partial charge in [0.2, 0.25) is 5.91 Å². The van der Waals surface area contributed by atoms with Gasteiger partial charge in [0.1, 0.15) is 12.4 Å². The molecule has 2 heterocycles. The quantitative estimate of drug-likeness (QED) is 0.510. The predicted molar refractivity (Wildman–Crippen MR) is 109 cm³/mol. The first-order valence-electron chi connectivity index (χ1n) is 9.51. The second kappa shape index (κ2) is 7.66. The molecule has 4 rings (SSSR count). The third-order valence-electron chi connectivity index (χ3n) is 4.93. The molecule has 0 aliphatic rings. The normalized spacial score (nSPS) is 11.3. The molecule has 0 radical (unpaired) electrons. The highest BCUT2D eigenvalue weighted by molar-refractivity contribution is 5.81. The molecule has 0 bridgehead atoms. The number of nitrogens with zero attached hydrogens (tertiary/aromatic N) is 3. The number of hydrogen-bond acceptors (Lipinski definition) is 2. The molecular formula is C22H24N4O. The molecule has 1 amide bonds. The Balaban J connectivity index is 1.34. The van der Waals surface area contributed by atoms with Crippen molar-refractivity contribution in [2.24, 2.45) is 0 Å². The zero-order valence-corrected chi connectivity index (χ0v) is 15.6. The molecule has 0 aliphatic carbocycles. The minimum Gasteiger partial charge on any atom is -0.354 e. The molecule has 0 saturated carbocycles. The van der Waals surface area contributed by atoms with Crippen LogP contribution in [-0.4, -0.2) is 26.6 Å². The summed E-state index contributed by atoms with van der Waals surface area (Å²) in [5.41, 5.74) is 3.20. The van der Waals surface area contributed by atoms with E-state index in [0.29, 0.717) is 13.1 Å². The fraction of sp³-hybridized carbons (Fsp3) is 0.273. The van der Waals surface area contributed by atoms with Crippen molar-refractivity contribution in [2.45, 2.75) is 32.9 Å². The molecule has 0 saturated heterocycles. The second-order valence-corrected chi connectivity index (χ2v) is 6.73. The first kappa shape index (κ1) is 17.3. The van der Waals surface area contributed by atoms with E-state index < -0.39 is 0 Å². The molecule has 2 aromatic heterocycles. The summed E-state index contributed by atoms with van der Waals surface area (Å²) in [7, 11) is 0. The van der Waals surface area contributed by atoms with Crippen LogP contribution in [0.3, 0.4) is 0 Å². The van der Waals surface area contributed by atoms with Crippen molar-refractivity contribution >= 4 is 27.8 Å². The van der Waals surface area contributed by atoms with E-state index in [1.54, 1.807) is 0 Å². The zero-order valence-electron chi connectivity index (χ0n) is 15.6. The molecule has 1 N–H and O–H groups in total. The van der Waals surface area contributed by atoms with Gasteiger partial charge in [-0.3, -0.25) is 4.79 Å². The largest absolute Gasteiger partial charge is 0.354 e. The van der Waals surface area contributed by atoms with Gasteiger partial charge in [0.15, 0.2) is 0 Å². The predicted octanol–water partition coefficient (Wildman–Crippen LogP) is 3.76. The Bertz CT molecular complexity index is 1080. The van der Waals surface area contributed by atoms with Gasteiger partial charge in [-0.2, -0.15) is 0 Å². The van der Waals surface area contributed by atoms with Gasteiger partial charge < -0.3 is 14.5 Å². The van der Waals surface area contributed by atoms with Crippen molar-refractivity contribution in [3.05, 3.63) is 66.6 Å². The lowest BCUT2D eigenvalue weighted by Crippen LogP contribution is -2.29. The third-order valence-corrected chi connectivity index (χ3v) is 4.93. The number of rotatable bonds is 7. The van der Waals surface area contributed by atoms with Crippen LogP contribution in [0.15, 0.2) is 60.8 Å². The molecule has 0 aliphatic heterocycles. The summed E-state index contributed by atoms with van der Waals surface area (Å²) in [6, 6.07) is 18.5. The summed E-state index contributed by atoms with van der Waals surface area (Å²) in [6.45, 7) is 3.94. The fourth-order valence-corrected chi connectivity index (χ4v) is 3.58. The maximum atomic E-state index is 12.4. The van der Waals surface area contributed by atoms with Gasteiger partial charge in [-0.1, -0.05) is 37.3 Å². The van der Waals surface area contributed by atoms with Crippen LogP contribution in [0, 0.1) is 0 Å². The van der Waals surface area contributed by atoms with E-state index in [2.05, 4.69) is 58.3 Å². The number of amides is 1. The van der Waals surface area contributed by atoms with Crippen LogP contribution in [0.1, 0.15) is 19.2 Å². The standard InChI is InChI=1S/C22H24N4O/c1-2-21-24-18-9-4-6-11-20(18)26(21)16-22(27)23-13-7-14-25-15-12-17-8-3-5-10-19(17)25/h3-6,8-12,15H,2,7,13-14,16H2,1H3,(H,23,27). The highest BCUT2D eigenvalue weighted by Crippen LogP contribution is 2.17. The lowest BCUT2D eigenvalue weighted by atomic mass is 10.2. The van der Waals surface area contributed by atoms with Crippen LogP contribution >= 0.6 is 0 Å². The third kappa shape index (κ3) is 3.58. The van der Waals surface area contributed by atoms with Crippen LogP contribution in [-0.2, 0) is 24.3 Å². The van der Waals surface area contributed by atoms with E-state index in [-0.39, 0.29) is 5.91 Å². The van der Waals surface area contributed by atoms with Crippen LogP contribution in [0.2, 0.25) is 0 Å². The number of para-hydroxylation sites is 3. The summed E-state index contributed by atoms with van der Waals surface area (Å²) < 4.78 is 4.25. The van der Waals surface area contributed by atoms with Crippen molar-refractivity contribution in [3.8, 4) is 0 Å². The van der Waals surface area contributed by atoms with E-state index >= 15 is 0 Å². The smallest absolute Gasteiger partial charge is 0.240 e. The highest BCUT2D eigenvalue weighted by atomic mass is 16.1. The number of fused-ring (bicyclic) bond motifs is 2. The van der Waals surface area contributed by atoms with Gasteiger partial charge in [0, 0.05) is 31.2 Å². The molecule has 0 spiro atoms. The highest BCUT2D eigenvalue weighted by Gasteiger charge is 2.12. The van der Waals surface area contributed by atoms with Crippen molar-refractivity contribution in [1.82, 2.24) is 19.4 Å². The molecule has 5 heteroatoms. The Hall–Kier alpha value is -3.08. The first-order chi connectivity index (χ1) is 13.3. The van der Waals surface area contributed by atoms with Crippen molar-refractivity contribution in [3.63, 3.8) is 0 Å². The van der Waals surface area contributed by atoms with Gasteiger partial charge >= 0.3 is 0 Å². The van der Waals surface area contributed by atoms with Crippen molar-refractivity contribution < 1.29 is 4.79 Å². The van der Waals surface area contributed by atoms with Crippen LogP contribution in [0.4, 0.5) is 0 Å². The summed E-state index contributed by atoms with van der Waals surface area (Å²) in [4.78, 5) is 17.1. The first-order valence-corrected chi connectivity index (χ1v) is 9.51. The van der Waals surface area contributed by atoms with E-state index in [1.807, 2.05) is 28.8 Å². The molecule has 4 aromatic rings. The van der Waals surface area contributed by atoms with Gasteiger partial charge in [-0.15, -0.1) is 0 Å². The number of carbonyl (C=O) groups is 1. The topological polar surface area (TPSA) is 51.9 Å². The lowest BCUT2D eigenvalue weighted by molar-refractivity contribution is -0.121. The van der Waals surface area contributed by atoms with Crippen LogP contribution in [0.5, 0.6) is 0 Å². The number of benzene rings is 2. The molecule has 0 fully saturated rings. The Morgan fingerprint density at radius 1 is 1.04 bits per heavy atom. The minimum atomic E-state index is 0.0326. The Kier molecular flexibility index (Phi) is 4.92. The fourth-order valence-electron chi connectivity index (χ4n) is 3.58. The van der Waals surface area contributed by atoms with Crippen molar-refractivity contribution in [1.29, 1.82) is 0 Å². The Morgan fingerprint density at radius 3 is 2.67 bits per heavy atom. The summed E-state index contributed by atoms with van der Waals surface area (Å²) in [5, 5.41) is 4.30. The molecule has 2 aromatic carbocycles. The lowest BCUT2D eigenvalue weighted by Gasteiger charge is -2.10. The number of carbonyl (C=O) groups excluding carboxylic acids is 1. The number of aromatic nitrogens is 3. The van der Waals surface area contributed by atoms with E-state index in [4.69, 9.17) is 0 Å². The SMILES string of the molecule is CCc1nc2ccccc2n1CC(=O)NCCCn1ccc2ccccc21. The molecule has 0 atom stereocenters. The van der Waals surface area contributed by atoms with E-state index in [1.165, 1.54) is 10.9 Å². The van der Waals surface area contributed by atoms with E-state index in [0.717, 1.165) is 36.2 Å². The summed E-state index contributed by atoms with van der Waals surface area (Å²) in [6.07, 6.45) is 3.82. The number of aryl methyl sites for hydroxylation is 2. The summed E-state index contributed by atoms with van der Waals surface area (Å²) >= 11 is 0. The van der Waals surface area contributed by atoms with Crippen LogP contribution in [0.25, 0.3) is 21.9 Å². The summed E-state index contributed by atoms with van der Waals surface area (Å²) in [5.74, 6) is 0.982. The monoisotopic (exact) mass is 360 g/mol. The van der Waals surface area contributed by atoms with Crippen LogP contribution < -0.4 is 5.32 Å². The Morgan fingerprint density at radius 2 is 1.81 bits per heavy atom. The zero-order chi connectivity index (χ0) is 18.6. The average Bonchev–Trinajstić information content (AvgIpc) is 3.27. The minimum absolute atomic E-state index is 0.0326. The van der Waals surface area contributed by atoms with Gasteiger partial charge in [-0.25, -0.2) is 4.98 Å². The van der Waals surface area contributed by atoms with Gasteiger partial charge in [-0.05, 0) is 36.1 Å². The Labute approximate surface area is 158 Å². The molecule has 5 nitrogen and oxygen atoms in total. The molecule has 138 valence electrons. The number of hydrogen-bond donors (Lipinski definition) is 1. The second-order valence-electron chi connectivity index (χ2n) is 6.73. The molecule has 27 heavy (non-hydrogen) atoms. The number of nitrogens with one attached hydrogen (secondary N) is 1. The molecular weight excluding hydrogens is 336 g/mol. The van der Waals surface area contributed by atoms with Crippen molar-refractivity contribution in [2.75, 3.05) is 6.54 Å². The van der Waals surface area contributed by atoms with Gasteiger partial charge in [0.25, 0.3) is 0 Å². The van der Waals surface area contributed by atoms with E-state index in [9.17, 15) is 4.79 Å². The maximum absolute atomic E-state index is 12.4. The molecule has 0 unspecified atom stereocenters. The maximum Gasteiger partial charge on any atom is 0.240 e. The number of imidazole rings is 1.